The number of hydrogen-bond donors (Lipinski definition) is 1. The minimum absolute atomic E-state index is 0.112. The molecule has 0 spiro atoms. The van der Waals surface area contributed by atoms with Crippen molar-refractivity contribution >= 4 is 17.2 Å². The Labute approximate surface area is 166 Å². The zero-order valence-corrected chi connectivity index (χ0v) is 16.1. The average Bonchev–Trinajstić information content (AvgIpc) is 3.20. The first-order valence-corrected chi connectivity index (χ1v) is 9.82. The van der Waals surface area contributed by atoms with Gasteiger partial charge in [-0.15, -0.1) is 11.3 Å². The zero-order chi connectivity index (χ0) is 20.1. The molecule has 6 heteroatoms. The van der Waals surface area contributed by atoms with E-state index in [4.69, 9.17) is 0 Å². The number of carbonyl (C=O) groups excluding carboxylic acids is 1. The third kappa shape index (κ3) is 5.01. The smallest absolute Gasteiger partial charge is 0.344 e. The summed E-state index contributed by atoms with van der Waals surface area (Å²) < 4.78 is 38.7. The van der Waals surface area contributed by atoms with Gasteiger partial charge >= 0.3 is 6.18 Å². The van der Waals surface area contributed by atoms with Crippen molar-refractivity contribution in [2.24, 2.45) is 0 Å². The van der Waals surface area contributed by atoms with Crippen LogP contribution in [0.25, 0.3) is 0 Å². The van der Waals surface area contributed by atoms with Crippen molar-refractivity contribution in [2.45, 2.75) is 32.0 Å². The molecule has 0 aliphatic carbocycles. The highest BCUT2D eigenvalue weighted by Crippen LogP contribution is 2.30. The SMILES string of the molecule is CCc1ccc([C@H](NC(=O)Cc2cccc(C(F)(F)F)c2)c2cccs2)cc1. The molecule has 28 heavy (non-hydrogen) atoms. The van der Waals surface area contributed by atoms with Crippen LogP contribution in [0.15, 0.2) is 66.0 Å². The van der Waals surface area contributed by atoms with E-state index in [0.717, 1.165) is 29.0 Å². The Morgan fingerprint density at radius 2 is 1.79 bits per heavy atom. The Bertz CT molecular complexity index is 918. The van der Waals surface area contributed by atoms with Gasteiger partial charge < -0.3 is 5.32 Å². The lowest BCUT2D eigenvalue weighted by atomic mass is 10.0. The van der Waals surface area contributed by atoms with E-state index in [0.29, 0.717) is 5.56 Å². The highest BCUT2D eigenvalue weighted by atomic mass is 32.1. The van der Waals surface area contributed by atoms with Crippen molar-refractivity contribution in [1.82, 2.24) is 5.32 Å². The van der Waals surface area contributed by atoms with Gasteiger partial charge in [-0.3, -0.25) is 4.79 Å². The number of amides is 1. The number of thiophene rings is 1. The normalized spacial score (nSPS) is 12.6. The van der Waals surface area contributed by atoms with Crippen LogP contribution in [0.1, 0.15) is 40.1 Å². The second-order valence-electron chi connectivity index (χ2n) is 6.49. The van der Waals surface area contributed by atoms with Gasteiger partial charge in [-0.2, -0.15) is 13.2 Å². The molecule has 0 radical (unpaired) electrons. The molecule has 1 amide bonds. The Morgan fingerprint density at radius 3 is 2.39 bits per heavy atom. The Balaban J connectivity index is 1.78. The summed E-state index contributed by atoms with van der Waals surface area (Å²) in [7, 11) is 0. The lowest BCUT2D eigenvalue weighted by Gasteiger charge is -2.19. The molecule has 1 N–H and O–H groups in total. The molecule has 1 aromatic heterocycles. The maximum atomic E-state index is 12.9. The first kappa shape index (κ1) is 20.1. The van der Waals surface area contributed by atoms with Gasteiger partial charge in [0.15, 0.2) is 0 Å². The Hall–Kier alpha value is -2.60. The molecule has 0 unspecified atom stereocenters. The van der Waals surface area contributed by atoms with Gasteiger partial charge in [0.05, 0.1) is 18.0 Å². The molecule has 0 saturated carbocycles. The van der Waals surface area contributed by atoms with E-state index in [1.807, 2.05) is 41.8 Å². The van der Waals surface area contributed by atoms with Crippen LogP contribution in [-0.2, 0) is 23.8 Å². The number of nitrogens with one attached hydrogen (secondary N) is 1. The fraction of sp³-hybridized carbons (Fsp3) is 0.227. The molecule has 146 valence electrons. The molecule has 1 heterocycles. The number of benzene rings is 2. The first-order valence-electron chi connectivity index (χ1n) is 8.94. The topological polar surface area (TPSA) is 29.1 Å². The minimum atomic E-state index is -4.42. The summed E-state index contributed by atoms with van der Waals surface area (Å²) in [6, 6.07) is 16.4. The molecular weight excluding hydrogens is 383 g/mol. The van der Waals surface area contributed by atoms with E-state index in [1.165, 1.54) is 29.0 Å². The van der Waals surface area contributed by atoms with E-state index in [1.54, 1.807) is 0 Å². The van der Waals surface area contributed by atoms with Crippen molar-refractivity contribution in [1.29, 1.82) is 0 Å². The molecule has 1 atom stereocenters. The van der Waals surface area contributed by atoms with E-state index >= 15 is 0 Å². The molecular formula is C22H20F3NOS. The van der Waals surface area contributed by atoms with Gasteiger partial charge in [-0.1, -0.05) is 55.5 Å². The summed E-state index contributed by atoms with van der Waals surface area (Å²) in [5.41, 5.74) is 1.72. The van der Waals surface area contributed by atoms with Crippen LogP contribution in [0.5, 0.6) is 0 Å². The van der Waals surface area contributed by atoms with Crippen molar-refractivity contribution in [3.05, 3.63) is 93.2 Å². The minimum Gasteiger partial charge on any atom is -0.344 e. The Kier molecular flexibility index (Phi) is 6.19. The second kappa shape index (κ2) is 8.61. The van der Waals surface area contributed by atoms with Crippen LogP contribution in [0.2, 0.25) is 0 Å². The summed E-state index contributed by atoms with van der Waals surface area (Å²) in [5, 5.41) is 4.90. The van der Waals surface area contributed by atoms with Gasteiger partial charge in [0.2, 0.25) is 5.91 Å². The maximum absolute atomic E-state index is 12.9. The van der Waals surface area contributed by atoms with Crippen molar-refractivity contribution in [2.75, 3.05) is 0 Å². The highest BCUT2D eigenvalue weighted by molar-refractivity contribution is 7.10. The fourth-order valence-electron chi connectivity index (χ4n) is 2.98. The van der Waals surface area contributed by atoms with Gasteiger partial charge in [0, 0.05) is 4.88 Å². The van der Waals surface area contributed by atoms with E-state index in [-0.39, 0.29) is 18.4 Å². The number of aryl methyl sites for hydroxylation is 1. The van der Waals surface area contributed by atoms with Gasteiger partial charge in [-0.05, 0) is 40.6 Å². The van der Waals surface area contributed by atoms with Gasteiger partial charge in [-0.25, -0.2) is 0 Å². The van der Waals surface area contributed by atoms with Crippen molar-refractivity contribution < 1.29 is 18.0 Å². The van der Waals surface area contributed by atoms with Crippen molar-refractivity contribution in [3.8, 4) is 0 Å². The summed E-state index contributed by atoms with van der Waals surface area (Å²) in [5.74, 6) is -0.322. The molecule has 0 aliphatic heterocycles. The van der Waals surface area contributed by atoms with E-state index in [9.17, 15) is 18.0 Å². The third-order valence-electron chi connectivity index (χ3n) is 4.47. The lowest BCUT2D eigenvalue weighted by Crippen LogP contribution is -2.30. The summed E-state index contributed by atoms with van der Waals surface area (Å²) in [4.78, 5) is 13.6. The first-order chi connectivity index (χ1) is 13.4. The summed E-state index contributed by atoms with van der Waals surface area (Å²) in [6.07, 6.45) is -3.61. The average molecular weight is 403 g/mol. The summed E-state index contributed by atoms with van der Waals surface area (Å²) >= 11 is 1.53. The fourth-order valence-corrected chi connectivity index (χ4v) is 3.78. The number of alkyl halides is 3. The van der Waals surface area contributed by atoms with Gasteiger partial charge in [0.25, 0.3) is 0 Å². The molecule has 3 aromatic rings. The standard InChI is InChI=1S/C22H20F3NOS/c1-2-15-8-10-17(11-9-15)21(19-7-4-12-28-19)26-20(27)14-16-5-3-6-18(13-16)22(23,24)25/h3-13,21H,2,14H2,1H3,(H,26,27)/t21-/m0/s1. The Morgan fingerprint density at radius 1 is 1.04 bits per heavy atom. The van der Waals surface area contributed by atoms with Crippen LogP contribution in [0.3, 0.4) is 0 Å². The van der Waals surface area contributed by atoms with Crippen LogP contribution < -0.4 is 5.32 Å². The number of hydrogen-bond acceptors (Lipinski definition) is 2. The highest BCUT2D eigenvalue weighted by Gasteiger charge is 2.30. The summed E-state index contributed by atoms with van der Waals surface area (Å²) in [6.45, 7) is 2.07. The monoisotopic (exact) mass is 403 g/mol. The predicted molar refractivity (Wildman–Crippen MR) is 105 cm³/mol. The number of carbonyl (C=O) groups is 1. The molecule has 0 fully saturated rings. The third-order valence-corrected chi connectivity index (χ3v) is 5.41. The molecule has 0 saturated heterocycles. The molecule has 2 aromatic carbocycles. The molecule has 3 rings (SSSR count). The number of halogens is 3. The zero-order valence-electron chi connectivity index (χ0n) is 15.3. The molecule has 0 bridgehead atoms. The molecule has 0 aliphatic rings. The van der Waals surface area contributed by atoms with E-state index < -0.39 is 11.7 Å². The lowest BCUT2D eigenvalue weighted by molar-refractivity contribution is -0.137. The maximum Gasteiger partial charge on any atom is 0.416 e. The molecule has 2 nitrogen and oxygen atoms in total. The van der Waals surface area contributed by atoms with E-state index in [2.05, 4.69) is 12.2 Å². The van der Waals surface area contributed by atoms with Crippen LogP contribution >= 0.6 is 11.3 Å². The van der Waals surface area contributed by atoms with Gasteiger partial charge in [0.1, 0.15) is 0 Å². The van der Waals surface area contributed by atoms with Crippen molar-refractivity contribution in [3.63, 3.8) is 0 Å². The largest absolute Gasteiger partial charge is 0.416 e. The number of rotatable bonds is 6. The van der Waals surface area contributed by atoms with Crippen LogP contribution in [-0.4, -0.2) is 5.91 Å². The quantitative estimate of drug-likeness (QED) is 0.556. The predicted octanol–water partition coefficient (Wildman–Crippen LogP) is 5.78. The van der Waals surface area contributed by atoms with Crippen LogP contribution in [0, 0.1) is 0 Å². The second-order valence-corrected chi connectivity index (χ2v) is 7.47. The van der Waals surface area contributed by atoms with Crippen LogP contribution in [0.4, 0.5) is 13.2 Å².